The lowest BCUT2D eigenvalue weighted by Gasteiger charge is -2.28. The third-order valence-corrected chi connectivity index (χ3v) is 7.33. The Morgan fingerprint density at radius 3 is 2.70 bits per heavy atom. The molecule has 6 rings (SSSR count). The van der Waals surface area contributed by atoms with Crippen LogP contribution >= 0.6 is 0 Å². The van der Waals surface area contributed by atoms with Gasteiger partial charge in [-0.3, -0.25) is 4.79 Å². The highest BCUT2D eigenvalue weighted by atomic mass is 16.5. The van der Waals surface area contributed by atoms with Crippen LogP contribution in [0.15, 0.2) is 60.0 Å². The molecule has 1 atom stereocenters. The minimum absolute atomic E-state index is 0.161. The number of morpholine rings is 1. The van der Waals surface area contributed by atoms with E-state index in [1.165, 1.54) is 5.56 Å². The number of fused-ring (bicyclic) bond motifs is 2. The third-order valence-electron chi connectivity index (χ3n) is 7.33. The van der Waals surface area contributed by atoms with Crippen LogP contribution in [0.2, 0.25) is 0 Å². The van der Waals surface area contributed by atoms with E-state index in [0.717, 1.165) is 62.6 Å². The lowest BCUT2D eigenvalue weighted by Crippen LogP contribution is -2.36. The summed E-state index contributed by atoms with van der Waals surface area (Å²) in [5.41, 5.74) is 4.82. The van der Waals surface area contributed by atoms with E-state index in [9.17, 15) is 4.79 Å². The number of rotatable bonds is 7. The Bertz CT molecular complexity index is 1500. The Morgan fingerprint density at radius 2 is 1.95 bits per heavy atom. The van der Waals surface area contributed by atoms with E-state index in [-0.39, 0.29) is 5.56 Å². The molecule has 1 aliphatic heterocycles. The van der Waals surface area contributed by atoms with E-state index < -0.39 is 0 Å². The van der Waals surface area contributed by atoms with E-state index in [1.54, 1.807) is 21.6 Å². The molecule has 3 aromatic heterocycles. The summed E-state index contributed by atoms with van der Waals surface area (Å²) in [4.78, 5) is 29.8. The summed E-state index contributed by atoms with van der Waals surface area (Å²) in [6.07, 6.45) is 6.52. The van der Waals surface area contributed by atoms with Gasteiger partial charge in [-0.25, -0.2) is 19.3 Å². The molecule has 2 aliphatic rings. The number of aryl methyl sites for hydroxylation is 1. The average Bonchev–Trinajstić information content (AvgIpc) is 3.47. The monoisotopic (exact) mass is 497 g/mol. The van der Waals surface area contributed by atoms with E-state index in [1.807, 2.05) is 18.2 Å². The second-order valence-electron chi connectivity index (χ2n) is 9.55. The highest BCUT2D eigenvalue weighted by Crippen LogP contribution is 2.34. The summed E-state index contributed by atoms with van der Waals surface area (Å²) in [7, 11) is 0. The first-order chi connectivity index (χ1) is 18.2. The predicted molar refractivity (Wildman–Crippen MR) is 145 cm³/mol. The van der Waals surface area contributed by atoms with Gasteiger partial charge in [-0.05, 0) is 55.2 Å². The number of anilines is 3. The van der Waals surface area contributed by atoms with Gasteiger partial charge in [0.05, 0.1) is 19.8 Å². The Hall–Kier alpha value is -3.98. The molecule has 37 heavy (non-hydrogen) atoms. The van der Waals surface area contributed by atoms with Gasteiger partial charge >= 0.3 is 0 Å². The highest BCUT2D eigenvalue weighted by Gasteiger charge is 2.25. The van der Waals surface area contributed by atoms with Gasteiger partial charge in [-0.15, -0.1) is 6.58 Å². The van der Waals surface area contributed by atoms with Crippen LogP contribution in [-0.2, 0) is 17.7 Å². The number of benzene rings is 1. The Labute approximate surface area is 215 Å². The second-order valence-corrected chi connectivity index (χ2v) is 9.55. The summed E-state index contributed by atoms with van der Waals surface area (Å²) >= 11 is 0. The molecule has 9 heteroatoms. The molecule has 0 bridgehead atoms. The van der Waals surface area contributed by atoms with Gasteiger partial charge in [0, 0.05) is 42.3 Å². The van der Waals surface area contributed by atoms with Gasteiger partial charge in [-0.1, -0.05) is 19.1 Å². The first kappa shape index (κ1) is 23.4. The lowest BCUT2D eigenvalue weighted by atomic mass is 10.0. The van der Waals surface area contributed by atoms with Crippen molar-refractivity contribution in [1.82, 2.24) is 24.3 Å². The molecule has 1 aromatic carbocycles. The van der Waals surface area contributed by atoms with Crippen molar-refractivity contribution in [2.45, 2.75) is 38.6 Å². The SMILES string of the molecule is C=CCn1c(=O)c2cnc(Nc3ccc(N4CCOCC4)cc3)nc2n1-c1ccc2c(n1)C(CC)CC2. The molecule has 4 aromatic rings. The van der Waals surface area contributed by atoms with Gasteiger partial charge in [0.2, 0.25) is 5.95 Å². The smallest absolute Gasteiger partial charge is 0.278 e. The Balaban J connectivity index is 1.37. The zero-order valence-electron chi connectivity index (χ0n) is 21.1. The van der Waals surface area contributed by atoms with E-state index in [2.05, 4.69) is 46.9 Å². The molecule has 1 saturated heterocycles. The van der Waals surface area contributed by atoms with Gasteiger partial charge in [0.25, 0.3) is 5.56 Å². The first-order valence-corrected chi connectivity index (χ1v) is 13.0. The van der Waals surface area contributed by atoms with Gasteiger partial charge in [0.1, 0.15) is 5.39 Å². The second kappa shape index (κ2) is 9.82. The normalized spacial score (nSPS) is 17.2. The molecule has 0 saturated carbocycles. The van der Waals surface area contributed by atoms with Gasteiger partial charge in [-0.2, -0.15) is 4.98 Å². The van der Waals surface area contributed by atoms with Crippen molar-refractivity contribution >= 4 is 28.4 Å². The molecule has 0 radical (unpaired) electrons. The summed E-state index contributed by atoms with van der Waals surface area (Å²) < 4.78 is 8.88. The van der Waals surface area contributed by atoms with E-state index in [0.29, 0.717) is 35.3 Å². The maximum atomic E-state index is 13.3. The molecule has 0 amide bonds. The standard InChI is InChI=1S/C28H31N7O2/c1-3-13-34-27(36)23-18-29-28(30-21-8-10-22(11-9-21)33-14-16-37-17-15-33)32-26(23)35(34)24-12-7-20-6-5-19(4-2)25(20)31-24/h3,7-12,18-19H,1,4-6,13-17H2,2H3,(H,29,30,32). The number of nitrogens with zero attached hydrogens (tertiary/aromatic N) is 6. The molecule has 190 valence electrons. The van der Waals surface area contributed by atoms with Gasteiger partial charge in [0.15, 0.2) is 11.5 Å². The zero-order valence-corrected chi connectivity index (χ0v) is 21.1. The molecule has 1 unspecified atom stereocenters. The largest absolute Gasteiger partial charge is 0.378 e. The summed E-state index contributed by atoms with van der Waals surface area (Å²) in [6.45, 7) is 9.67. The molecule has 4 heterocycles. The molecule has 9 nitrogen and oxygen atoms in total. The van der Waals surface area contributed by atoms with Crippen LogP contribution < -0.4 is 15.8 Å². The van der Waals surface area contributed by atoms with Crippen LogP contribution in [0.5, 0.6) is 0 Å². The first-order valence-electron chi connectivity index (χ1n) is 13.0. The Morgan fingerprint density at radius 1 is 1.14 bits per heavy atom. The van der Waals surface area contributed by atoms with Crippen molar-refractivity contribution in [2.75, 3.05) is 36.5 Å². The van der Waals surface area contributed by atoms with E-state index in [4.69, 9.17) is 14.7 Å². The summed E-state index contributed by atoms with van der Waals surface area (Å²) in [6, 6.07) is 12.3. The Kier molecular flexibility index (Phi) is 6.21. The van der Waals surface area contributed by atoms with Crippen molar-refractivity contribution in [3.8, 4) is 5.82 Å². The minimum atomic E-state index is -0.161. The third kappa shape index (κ3) is 4.29. The number of pyridine rings is 1. The van der Waals surface area contributed by atoms with Gasteiger partial charge < -0.3 is 15.0 Å². The topological polar surface area (TPSA) is 90.1 Å². The molecular formula is C28H31N7O2. The predicted octanol–water partition coefficient (Wildman–Crippen LogP) is 4.18. The number of nitrogens with one attached hydrogen (secondary N) is 1. The number of aromatic nitrogens is 5. The number of ether oxygens (including phenoxy) is 1. The van der Waals surface area contributed by atoms with Crippen molar-refractivity contribution in [1.29, 1.82) is 0 Å². The fourth-order valence-corrected chi connectivity index (χ4v) is 5.35. The fraction of sp³-hybridized carbons (Fsp3) is 0.357. The number of allylic oxidation sites excluding steroid dienone is 1. The van der Waals surface area contributed by atoms with Crippen LogP contribution in [-0.4, -0.2) is 50.6 Å². The highest BCUT2D eigenvalue weighted by molar-refractivity contribution is 5.77. The zero-order chi connectivity index (χ0) is 25.4. The molecule has 1 aliphatic carbocycles. The van der Waals surface area contributed by atoms with Crippen molar-refractivity contribution in [3.63, 3.8) is 0 Å². The summed E-state index contributed by atoms with van der Waals surface area (Å²) in [5, 5.41) is 3.74. The average molecular weight is 498 g/mol. The molecule has 0 spiro atoms. The van der Waals surface area contributed by atoms with Crippen molar-refractivity contribution in [3.05, 3.63) is 76.9 Å². The minimum Gasteiger partial charge on any atom is -0.378 e. The quantitative estimate of drug-likeness (QED) is 0.383. The van der Waals surface area contributed by atoms with Crippen molar-refractivity contribution < 1.29 is 4.74 Å². The van der Waals surface area contributed by atoms with E-state index >= 15 is 0 Å². The summed E-state index contributed by atoms with van der Waals surface area (Å²) in [5.74, 6) is 1.56. The maximum absolute atomic E-state index is 13.3. The van der Waals surface area contributed by atoms with Crippen LogP contribution in [0.4, 0.5) is 17.3 Å². The number of hydrogen-bond donors (Lipinski definition) is 1. The van der Waals surface area contributed by atoms with Crippen LogP contribution in [0.25, 0.3) is 16.9 Å². The van der Waals surface area contributed by atoms with Crippen LogP contribution in [0.3, 0.4) is 0 Å². The molecular weight excluding hydrogens is 466 g/mol. The fourth-order valence-electron chi connectivity index (χ4n) is 5.35. The lowest BCUT2D eigenvalue weighted by molar-refractivity contribution is 0.122. The molecule has 1 N–H and O–H groups in total. The number of hydrogen-bond acceptors (Lipinski definition) is 7. The van der Waals surface area contributed by atoms with Crippen molar-refractivity contribution in [2.24, 2.45) is 0 Å². The van der Waals surface area contributed by atoms with Crippen LogP contribution in [0.1, 0.15) is 36.9 Å². The molecule has 1 fully saturated rings. The maximum Gasteiger partial charge on any atom is 0.278 e. The van der Waals surface area contributed by atoms with Crippen LogP contribution in [0, 0.1) is 0 Å².